The van der Waals surface area contributed by atoms with Crippen LogP contribution in [-0.4, -0.2) is 60.1 Å². The molecule has 0 aromatic rings. The molecule has 1 saturated heterocycles. The van der Waals surface area contributed by atoms with Gasteiger partial charge in [-0.05, 0) is 26.7 Å². The Morgan fingerprint density at radius 2 is 1.39 bits per heavy atom. The molecule has 0 aliphatic carbocycles. The lowest BCUT2D eigenvalue weighted by atomic mass is 10.0. The van der Waals surface area contributed by atoms with Crippen LogP contribution in [0.25, 0.3) is 0 Å². The van der Waals surface area contributed by atoms with Crippen molar-refractivity contribution in [3.63, 3.8) is 0 Å². The molecule has 18 heavy (non-hydrogen) atoms. The van der Waals surface area contributed by atoms with E-state index >= 15 is 0 Å². The quantitative estimate of drug-likeness (QED) is 0.740. The van der Waals surface area contributed by atoms with Crippen LogP contribution in [0.15, 0.2) is 0 Å². The first kappa shape index (κ1) is 15.9. The van der Waals surface area contributed by atoms with Crippen molar-refractivity contribution in [3.05, 3.63) is 0 Å². The lowest BCUT2D eigenvalue weighted by Gasteiger charge is -2.46. The van der Waals surface area contributed by atoms with Crippen LogP contribution in [0, 0.1) is 0 Å². The first-order valence-electron chi connectivity index (χ1n) is 7.47. The minimum atomic E-state index is 0.305. The summed E-state index contributed by atoms with van der Waals surface area (Å²) in [5.74, 6) is 0. The van der Waals surface area contributed by atoms with Gasteiger partial charge in [0.05, 0.1) is 0 Å². The van der Waals surface area contributed by atoms with Crippen LogP contribution in [0.2, 0.25) is 0 Å². The van der Waals surface area contributed by atoms with Crippen molar-refractivity contribution in [1.29, 1.82) is 0 Å². The van der Waals surface area contributed by atoms with Gasteiger partial charge in [-0.25, -0.2) is 0 Å². The van der Waals surface area contributed by atoms with E-state index in [1.807, 2.05) is 0 Å². The molecule has 1 rings (SSSR count). The monoisotopic (exact) mass is 256 g/mol. The molecule has 0 aromatic heterocycles. The lowest BCUT2D eigenvalue weighted by Crippen LogP contribution is -2.60. The van der Waals surface area contributed by atoms with Gasteiger partial charge in [0.1, 0.15) is 0 Å². The largest absolute Gasteiger partial charge is 0.327 e. The van der Waals surface area contributed by atoms with Gasteiger partial charge in [-0.3, -0.25) is 9.80 Å². The summed E-state index contributed by atoms with van der Waals surface area (Å²) in [7, 11) is 0. The molecule has 4 nitrogen and oxygen atoms in total. The Hall–Kier alpha value is -0.160. The molecule has 1 fully saturated rings. The Morgan fingerprint density at radius 1 is 0.944 bits per heavy atom. The highest BCUT2D eigenvalue weighted by Gasteiger charge is 2.30. The highest BCUT2D eigenvalue weighted by molar-refractivity contribution is 4.87. The third kappa shape index (κ3) is 4.50. The van der Waals surface area contributed by atoms with Crippen LogP contribution in [0.5, 0.6) is 0 Å². The third-order valence-electron chi connectivity index (χ3n) is 4.16. The van der Waals surface area contributed by atoms with Gasteiger partial charge in [0.15, 0.2) is 0 Å². The van der Waals surface area contributed by atoms with Gasteiger partial charge in [0.2, 0.25) is 0 Å². The molecule has 0 bridgehead atoms. The molecule has 1 heterocycles. The topological polar surface area (TPSA) is 58.5 Å². The number of hydrogen-bond acceptors (Lipinski definition) is 4. The van der Waals surface area contributed by atoms with Crippen LogP contribution in [0.3, 0.4) is 0 Å². The van der Waals surface area contributed by atoms with Gasteiger partial charge in [-0.2, -0.15) is 0 Å². The number of piperazine rings is 1. The van der Waals surface area contributed by atoms with E-state index in [4.69, 9.17) is 11.5 Å². The first-order valence-corrected chi connectivity index (χ1v) is 7.47. The number of nitrogens with two attached hydrogens (primary N) is 2. The Labute approximate surface area is 113 Å². The number of rotatable bonds is 6. The highest BCUT2D eigenvalue weighted by atomic mass is 15.3. The predicted octanol–water partition coefficient (Wildman–Crippen LogP) is 0.856. The summed E-state index contributed by atoms with van der Waals surface area (Å²) in [6.45, 7) is 13.2. The van der Waals surface area contributed by atoms with E-state index in [1.54, 1.807) is 0 Å². The summed E-state index contributed by atoms with van der Waals surface area (Å²) in [5, 5.41) is 0. The SMILES string of the molecule is CCC(N)CN1CC(C)N(CC(N)CC)C(C)C1. The van der Waals surface area contributed by atoms with E-state index in [2.05, 4.69) is 37.5 Å². The molecule has 0 saturated carbocycles. The summed E-state index contributed by atoms with van der Waals surface area (Å²) in [4.78, 5) is 5.07. The molecular formula is C14H32N4. The van der Waals surface area contributed by atoms with E-state index < -0.39 is 0 Å². The van der Waals surface area contributed by atoms with E-state index in [9.17, 15) is 0 Å². The van der Waals surface area contributed by atoms with E-state index in [0.717, 1.165) is 39.0 Å². The predicted molar refractivity (Wildman–Crippen MR) is 78.6 cm³/mol. The van der Waals surface area contributed by atoms with Crippen LogP contribution >= 0.6 is 0 Å². The fourth-order valence-electron chi connectivity index (χ4n) is 2.84. The van der Waals surface area contributed by atoms with E-state index in [0.29, 0.717) is 24.2 Å². The molecule has 108 valence electrons. The zero-order valence-corrected chi connectivity index (χ0v) is 12.6. The highest BCUT2D eigenvalue weighted by Crippen LogP contribution is 2.16. The lowest BCUT2D eigenvalue weighted by molar-refractivity contribution is 0.0317. The molecule has 0 amide bonds. The third-order valence-corrected chi connectivity index (χ3v) is 4.16. The second-order valence-electron chi connectivity index (χ2n) is 5.95. The van der Waals surface area contributed by atoms with Gasteiger partial charge in [0, 0.05) is 50.3 Å². The second kappa shape index (κ2) is 7.43. The van der Waals surface area contributed by atoms with Crippen LogP contribution in [0.4, 0.5) is 0 Å². The van der Waals surface area contributed by atoms with Gasteiger partial charge in [-0.15, -0.1) is 0 Å². The summed E-state index contributed by atoms with van der Waals surface area (Å²) >= 11 is 0. The van der Waals surface area contributed by atoms with Crippen molar-refractivity contribution in [3.8, 4) is 0 Å². The summed E-state index contributed by atoms with van der Waals surface area (Å²) < 4.78 is 0. The van der Waals surface area contributed by atoms with Crippen molar-refractivity contribution in [2.45, 2.75) is 64.7 Å². The maximum absolute atomic E-state index is 6.09. The van der Waals surface area contributed by atoms with Crippen LogP contribution in [0.1, 0.15) is 40.5 Å². The van der Waals surface area contributed by atoms with E-state index in [1.165, 1.54) is 0 Å². The first-order chi connectivity index (χ1) is 8.47. The van der Waals surface area contributed by atoms with Crippen molar-refractivity contribution >= 4 is 0 Å². The molecule has 0 spiro atoms. The molecule has 0 radical (unpaired) electrons. The summed E-state index contributed by atoms with van der Waals surface area (Å²) in [6, 6.07) is 1.78. The van der Waals surface area contributed by atoms with Gasteiger partial charge >= 0.3 is 0 Å². The smallest absolute Gasteiger partial charge is 0.0198 e. The average Bonchev–Trinajstić information content (AvgIpc) is 2.33. The molecule has 4 atom stereocenters. The normalized spacial score (nSPS) is 30.3. The maximum atomic E-state index is 6.09. The molecule has 4 N–H and O–H groups in total. The Bertz CT molecular complexity index is 222. The molecule has 1 aliphatic heterocycles. The minimum absolute atomic E-state index is 0.305. The van der Waals surface area contributed by atoms with Gasteiger partial charge in [0.25, 0.3) is 0 Å². The van der Waals surface area contributed by atoms with Crippen molar-refractivity contribution in [2.24, 2.45) is 11.5 Å². The Balaban J connectivity index is 2.49. The summed E-state index contributed by atoms with van der Waals surface area (Å²) in [6.07, 6.45) is 2.12. The Kier molecular flexibility index (Phi) is 6.57. The molecule has 1 aliphatic rings. The van der Waals surface area contributed by atoms with Gasteiger partial charge < -0.3 is 11.5 Å². The fourth-order valence-corrected chi connectivity index (χ4v) is 2.84. The average molecular weight is 256 g/mol. The van der Waals surface area contributed by atoms with Crippen LogP contribution < -0.4 is 11.5 Å². The molecule has 0 aromatic carbocycles. The Morgan fingerprint density at radius 3 is 1.83 bits per heavy atom. The van der Waals surface area contributed by atoms with Crippen molar-refractivity contribution in [2.75, 3.05) is 26.2 Å². The fraction of sp³-hybridized carbons (Fsp3) is 1.00. The van der Waals surface area contributed by atoms with Crippen molar-refractivity contribution < 1.29 is 0 Å². The molecular weight excluding hydrogens is 224 g/mol. The van der Waals surface area contributed by atoms with Gasteiger partial charge in [-0.1, -0.05) is 13.8 Å². The maximum Gasteiger partial charge on any atom is 0.0198 e. The standard InChI is InChI=1S/C14H32N4/c1-5-13(15)9-17-7-11(3)18(12(4)8-17)10-14(16)6-2/h11-14H,5-10,15-16H2,1-4H3. The zero-order valence-electron chi connectivity index (χ0n) is 12.6. The molecule has 4 heteroatoms. The zero-order chi connectivity index (χ0) is 13.7. The van der Waals surface area contributed by atoms with Crippen molar-refractivity contribution in [1.82, 2.24) is 9.80 Å². The second-order valence-corrected chi connectivity index (χ2v) is 5.95. The van der Waals surface area contributed by atoms with E-state index in [-0.39, 0.29) is 0 Å². The number of nitrogens with zero attached hydrogens (tertiary/aromatic N) is 2. The molecule has 4 unspecified atom stereocenters. The number of hydrogen-bond donors (Lipinski definition) is 2. The van der Waals surface area contributed by atoms with Crippen LogP contribution in [-0.2, 0) is 0 Å². The minimum Gasteiger partial charge on any atom is -0.327 e. The summed E-state index contributed by atoms with van der Waals surface area (Å²) in [5.41, 5.74) is 12.1.